The topological polar surface area (TPSA) is 61.3 Å². The SMILES string of the molecule is CC#Cc1cc(-c2ccc(N)c(C)c2)ccc1C.Cc1ccc(Oc2ccc(N)cc2)cc1. The molecule has 0 bridgehead atoms. The van der Waals surface area contributed by atoms with Crippen LogP contribution >= 0.6 is 0 Å². The zero-order chi connectivity index (χ0) is 23.8. The number of anilines is 2. The van der Waals surface area contributed by atoms with Crippen molar-refractivity contribution in [3.63, 3.8) is 0 Å². The van der Waals surface area contributed by atoms with Crippen LogP contribution in [0.25, 0.3) is 11.1 Å². The van der Waals surface area contributed by atoms with Gasteiger partial charge in [0.15, 0.2) is 0 Å². The van der Waals surface area contributed by atoms with Crippen molar-refractivity contribution >= 4 is 11.4 Å². The van der Waals surface area contributed by atoms with Gasteiger partial charge in [0.2, 0.25) is 0 Å². The predicted octanol–water partition coefficient (Wildman–Crippen LogP) is 7.29. The van der Waals surface area contributed by atoms with E-state index in [1.807, 2.05) is 75.4 Å². The lowest BCUT2D eigenvalue weighted by Crippen LogP contribution is -1.90. The normalized spacial score (nSPS) is 9.82. The maximum atomic E-state index is 5.85. The second kappa shape index (κ2) is 10.9. The molecule has 0 atom stereocenters. The van der Waals surface area contributed by atoms with Crippen molar-refractivity contribution in [1.82, 2.24) is 0 Å². The highest BCUT2D eigenvalue weighted by molar-refractivity contribution is 5.69. The van der Waals surface area contributed by atoms with E-state index < -0.39 is 0 Å². The number of benzene rings is 4. The zero-order valence-electron chi connectivity index (χ0n) is 19.6. The van der Waals surface area contributed by atoms with Crippen molar-refractivity contribution < 1.29 is 4.74 Å². The van der Waals surface area contributed by atoms with E-state index in [1.165, 1.54) is 22.3 Å². The van der Waals surface area contributed by atoms with E-state index in [-0.39, 0.29) is 0 Å². The maximum Gasteiger partial charge on any atom is 0.127 e. The molecule has 4 N–H and O–H groups in total. The van der Waals surface area contributed by atoms with Gasteiger partial charge < -0.3 is 16.2 Å². The Balaban J connectivity index is 0.000000189. The Labute approximate surface area is 197 Å². The lowest BCUT2D eigenvalue weighted by Gasteiger charge is -2.07. The van der Waals surface area contributed by atoms with Gasteiger partial charge in [0.25, 0.3) is 0 Å². The summed E-state index contributed by atoms with van der Waals surface area (Å²) in [6.45, 7) is 8.02. The van der Waals surface area contributed by atoms with Gasteiger partial charge in [-0.3, -0.25) is 0 Å². The van der Waals surface area contributed by atoms with Crippen molar-refractivity contribution in [2.45, 2.75) is 27.7 Å². The Bertz CT molecular complexity index is 1230. The van der Waals surface area contributed by atoms with Crippen LogP contribution < -0.4 is 16.2 Å². The second-order valence-corrected chi connectivity index (χ2v) is 7.96. The third-order valence-corrected chi connectivity index (χ3v) is 5.24. The number of ether oxygens (including phenoxy) is 1. The van der Waals surface area contributed by atoms with Gasteiger partial charge in [0.1, 0.15) is 11.5 Å². The average molecular weight is 435 g/mol. The summed E-state index contributed by atoms with van der Waals surface area (Å²) in [6.07, 6.45) is 0. The molecule has 33 heavy (non-hydrogen) atoms. The fraction of sp³-hybridized carbons (Fsp3) is 0.133. The van der Waals surface area contributed by atoms with E-state index in [0.29, 0.717) is 0 Å². The van der Waals surface area contributed by atoms with Crippen molar-refractivity contribution in [2.75, 3.05) is 11.5 Å². The van der Waals surface area contributed by atoms with E-state index >= 15 is 0 Å². The molecule has 0 unspecified atom stereocenters. The van der Waals surface area contributed by atoms with Crippen LogP contribution in [0.5, 0.6) is 11.5 Å². The summed E-state index contributed by atoms with van der Waals surface area (Å²) in [5.41, 5.74) is 20.0. The fourth-order valence-electron chi connectivity index (χ4n) is 3.20. The Hall–Kier alpha value is -4.16. The molecule has 3 nitrogen and oxygen atoms in total. The average Bonchev–Trinajstić information content (AvgIpc) is 2.81. The first-order chi connectivity index (χ1) is 15.9. The molecule has 4 aromatic rings. The summed E-state index contributed by atoms with van der Waals surface area (Å²) in [4.78, 5) is 0. The van der Waals surface area contributed by atoms with E-state index in [4.69, 9.17) is 16.2 Å². The van der Waals surface area contributed by atoms with Crippen LogP contribution in [-0.2, 0) is 0 Å². The largest absolute Gasteiger partial charge is 0.457 e. The van der Waals surface area contributed by atoms with E-state index in [1.54, 1.807) is 0 Å². The highest BCUT2D eigenvalue weighted by atomic mass is 16.5. The van der Waals surface area contributed by atoms with Gasteiger partial charge in [-0.1, -0.05) is 41.8 Å². The molecule has 0 spiro atoms. The second-order valence-electron chi connectivity index (χ2n) is 7.96. The minimum Gasteiger partial charge on any atom is -0.457 e. The molecule has 0 radical (unpaired) electrons. The fourth-order valence-corrected chi connectivity index (χ4v) is 3.20. The van der Waals surface area contributed by atoms with Crippen molar-refractivity contribution in [2.24, 2.45) is 0 Å². The Morgan fingerprint density at radius 1 is 0.636 bits per heavy atom. The predicted molar refractivity (Wildman–Crippen MR) is 140 cm³/mol. The monoisotopic (exact) mass is 434 g/mol. The molecule has 0 aliphatic rings. The van der Waals surface area contributed by atoms with Crippen LogP contribution in [0, 0.1) is 32.6 Å². The Morgan fingerprint density at radius 3 is 1.82 bits per heavy atom. The molecule has 3 heteroatoms. The summed E-state index contributed by atoms with van der Waals surface area (Å²) in [6, 6.07) is 27.8. The van der Waals surface area contributed by atoms with Crippen LogP contribution in [0.2, 0.25) is 0 Å². The lowest BCUT2D eigenvalue weighted by atomic mass is 9.98. The standard InChI is InChI=1S/C17H17N.C13H13NO/c1-4-5-14-11-16(7-6-12(14)2)15-8-9-17(18)13(3)10-15;1-10-2-6-12(7-3-10)15-13-8-4-11(14)5-9-13/h6-11H,18H2,1-3H3;2-9H,14H2,1H3. The highest BCUT2D eigenvalue weighted by Crippen LogP contribution is 2.25. The van der Waals surface area contributed by atoms with Crippen molar-refractivity contribution in [1.29, 1.82) is 0 Å². The lowest BCUT2D eigenvalue weighted by molar-refractivity contribution is 0.482. The quantitative estimate of drug-likeness (QED) is 0.263. The third kappa shape index (κ3) is 6.66. The number of hydrogen-bond donors (Lipinski definition) is 2. The van der Waals surface area contributed by atoms with Crippen molar-refractivity contribution in [3.05, 3.63) is 107 Å². The van der Waals surface area contributed by atoms with Crippen LogP contribution in [0.1, 0.15) is 29.2 Å². The number of aryl methyl sites for hydroxylation is 3. The van der Waals surface area contributed by atoms with Gasteiger partial charge in [0, 0.05) is 16.9 Å². The molecule has 0 amide bonds. The van der Waals surface area contributed by atoms with Crippen LogP contribution in [-0.4, -0.2) is 0 Å². The third-order valence-electron chi connectivity index (χ3n) is 5.24. The maximum absolute atomic E-state index is 5.85. The van der Waals surface area contributed by atoms with Gasteiger partial charge in [-0.25, -0.2) is 0 Å². The molecule has 0 aromatic heterocycles. The highest BCUT2D eigenvalue weighted by Gasteiger charge is 2.03. The summed E-state index contributed by atoms with van der Waals surface area (Å²) in [5, 5.41) is 0. The minimum absolute atomic E-state index is 0.742. The molecule has 0 fully saturated rings. The minimum atomic E-state index is 0.742. The number of hydrogen-bond acceptors (Lipinski definition) is 3. The molecule has 4 aromatic carbocycles. The Kier molecular flexibility index (Phi) is 7.78. The first-order valence-corrected chi connectivity index (χ1v) is 10.9. The summed E-state index contributed by atoms with van der Waals surface area (Å²) >= 11 is 0. The van der Waals surface area contributed by atoms with Crippen LogP contribution in [0.4, 0.5) is 11.4 Å². The first kappa shape index (κ1) is 23.5. The number of nitrogens with two attached hydrogens (primary N) is 2. The summed E-state index contributed by atoms with van der Waals surface area (Å²) in [5.74, 6) is 7.73. The molecule has 0 saturated carbocycles. The van der Waals surface area contributed by atoms with Gasteiger partial charge in [-0.2, -0.15) is 0 Å². The zero-order valence-corrected chi connectivity index (χ0v) is 19.6. The van der Waals surface area contributed by atoms with Gasteiger partial charge in [0.05, 0.1) is 0 Å². The van der Waals surface area contributed by atoms with E-state index in [0.717, 1.165) is 34.0 Å². The molecule has 0 saturated heterocycles. The van der Waals surface area contributed by atoms with Gasteiger partial charge >= 0.3 is 0 Å². The molecular formula is C30H30N2O. The van der Waals surface area contributed by atoms with Crippen LogP contribution in [0.15, 0.2) is 84.9 Å². The molecular weight excluding hydrogens is 404 g/mol. The van der Waals surface area contributed by atoms with Crippen molar-refractivity contribution in [3.8, 4) is 34.5 Å². The van der Waals surface area contributed by atoms with E-state index in [2.05, 4.69) is 49.1 Å². The van der Waals surface area contributed by atoms with Crippen LogP contribution in [0.3, 0.4) is 0 Å². The van der Waals surface area contributed by atoms with Gasteiger partial charge in [-0.15, -0.1) is 5.92 Å². The molecule has 0 heterocycles. The summed E-state index contributed by atoms with van der Waals surface area (Å²) in [7, 11) is 0. The first-order valence-electron chi connectivity index (χ1n) is 10.9. The van der Waals surface area contributed by atoms with Gasteiger partial charge in [-0.05, 0) is 105 Å². The molecule has 4 rings (SSSR count). The molecule has 0 aliphatic carbocycles. The smallest absolute Gasteiger partial charge is 0.127 e. The Morgan fingerprint density at radius 2 is 1.21 bits per heavy atom. The summed E-state index contributed by atoms with van der Waals surface area (Å²) < 4.78 is 5.63. The molecule has 0 aliphatic heterocycles. The number of rotatable bonds is 3. The molecule has 166 valence electrons. The van der Waals surface area contributed by atoms with E-state index in [9.17, 15) is 0 Å². The number of nitrogen functional groups attached to an aromatic ring is 2.